The average molecular weight is 394 g/mol. The number of carbonyl (C=O) groups excluding carboxylic acids is 2. The summed E-state index contributed by atoms with van der Waals surface area (Å²) in [4.78, 5) is 27.7. The second kappa shape index (κ2) is 7.92. The van der Waals surface area contributed by atoms with Gasteiger partial charge in [0, 0.05) is 31.7 Å². The van der Waals surface area contributed by atoms with E-state index in [0.717, 1.165) is 10.8 Å². The normalized spacial score (nSPS) is 14.1. The van der Waals surface area contributed by atoms with Crippen LogP contribution in [-0.2, 0) is 11.8 Å². The fraction of sp³-hybridized carbons (Fsp3) is 0.286. The van der Waals surface area contributed by atoms with E-state index in [-0.39, 0.29) is 17.5 Å². The van der Waals surface area contributed by atoms with Crippen molar-refractivity contribution in [3.63, 3.8) is 0 Å². The van der Waals surface area contributed by atoms with Crippen LogP contribution in [0.2, 0.25) is 0 Å². The van der Waals surface area contributed by atoms with Gasteiger partial charge in [-0.2, -0.15) is 5.10 Å². The number of nitrogens with one attached hydrogen (secondary N) is 1. The summed E-state index contributed by atoms with van der Waals surface area (Å²) in [6.45, 7) is 2.00. The van der Waals surface area contributed by atoms with Gasteiger partial charge >= 0.3 is 0 Å². The summed E-state index contributed by atoms with van der Waals surface area (Å²) in [5.74, 6) is 0.0629. The molecule has 4 rings (SSSR count). The van der Waals surface area contributed by atoms with Crippen molar-refractivity contribution in [1.29, 1.82) is 0 Å². The molecule has 2 aromatic carbocycles. The number of benzene rings is 2. The molecular weight excluding hydrogens is 372 g/mol. The number of hydrogen-bond acceptors (Lipinski definition) is 5. The third-order valence-corrected chi connectivity index (χ3v) is 4.91. The highest BCUT2D eigenvalue weighted by molar-refractivity contribution is 6.15. The minimum atomic E-state index is -0.330. The Bertz CT molecular complexity index is 1060. The maximum Gasteiger partial charge on any atom is 0.276 e. The van der Waals surface area contributed by atoms with Crippen molar-refractivity contribution in [1.82, 2.24) is 14.7 Å². The third kappa shape index (κ3) is 3.66. The molecule has 0 radical (unpaired) electrons. The predicted octanol–water partition coefficient (Wildman–Crippen LogP) is 2.31. The molecule has 0 unspecified atom stereocenters. The van der Waals surface area contributed by atoms with E-state index in [0.29, 0.717) is 43.3 Å². The number of rotatable bonds is 4. The van der Waals surface area contributed by atoms with E-state index in [4.69, 9.17) is 9.47 Å². The highest BCUT2D eigenvalue weighted by Gasteiger charge is 2.25. The molecule has 3 aromatic rings. The lowest BCUT2D eigenvalue weighted by Gasteiger charge is -2.26. The summed E-state index contributed by atoms with van der Waals surface area (Å²) in [6, 6.07) is 11.1. The number of carbonyl (C=O) groups is 2. The van der Waals surface area contributed by atoms with Gasteiger partial charge in [0.1, 0.15) is 5.75 Å². The number of nitrogens with zero attached hydrogens (tertiary/aromatic N) is 3. The first-order valence-corrected chi connectivity index (χ1v) is 9.36. The zero-order valence-electron chi connectivity index (χ0n) is 16.3. The molecule has 29 heavy (non-hydrogen) atoms. The first kappa shape index (κ1) is 18.9. The van der Waals surface area contributed by atoms with Crippen LogP contribution in [0.25, 0.3) is 10.8 Å². The second-order valence-electron chi connectivity index (χ2n) is 6.79. The molecule has 0 spiro atoms. The Hall–Kier alpha value is -3.39. The van der Waals surface area contributed by atoms with Crippen LogP contribution in [-0.4, -0.2) is 59.9 Å². The molecule has 1 aromatic heterocycles. The summed E-state index contributed by atoms with van der Waals surface area (Å²) in [5, 5.41) is 8.75. The molecule has 8 nitrogen and oxygen atoms in total. The first-order chi connectivity index (χ1) is 14.1. The molecule has 0 saturated carbocycles. The van der Waals surface area contributed by atoms with E-state index in [2.05, 4.69) is 10.4 Å². The summed E-state index contributed by atoms with van der Waals surface area (Å²) in [7, 11) is 3.29. The number of ether oxygens (including phenoxy) is 2. The van der Waals surface area contributed by atoms with Crippen molar-refractivity contribution in [2.24, 2.45) is 7.05 Å². The maximum atomic E-state index is 13.1. The van der Waals surface area contributed by atoms with Gasteiger partial charge in [0.15, 0.2) is 5.69 Å². The van der Waals surface area contributed by atoms with E-state index in [1.165, 1.54) is 4.68 Å². The zero-order valence-corrected chi connectivity index (χ0v) is 16.3. The highest BCUT2D eigenvalue weighted by atomic mass is 16.5. The number of morpholine rings is 1. The second-order valence-corrected chi connectivity index (χ2v) is 6.79. The lowest BCUT2D eigenvalue weighted by atomic mass is 10.0. The van der Waals surface area contributed by atoms with Crippen LogP contribution in [0.1, 0.15) is 20.8 Å². The molecule has 1 N–H and O–H groups in total. The van der Waals surface area contributed by atoms with Crippen molar-refractivity contribution in [3.8, 4) is 5.75 Å². The lowest BCUT2D eigenvalue weighted by Crippen LogP contribution is -2.41. The Morgan fingerprint density at radius 3 is 2.59 bits per heavy atom. The van der Waals surface area contributed by atoms with Gasteiger partial charge in [0.05, 0.1) is 31.6 Å². The number of hydrogen-bond donors (Lipinski definition) is 1. The Balaban J connectivity index is 1.66. The molecule has 2 heterocycles. The molecular formula is C21H22N4O4. The van der Waals surface area contributed by atoms with E-state index in [1.807, 2.05) is 30.3 Å². The fourth-order valence-electron chi connectivity index (χ4n) is 3.51. The van der Waals surface area contributed by atoms with E-state index in [1.54, 1.807) is 31.3 Å². The fourth-order valence-corrected chi connectivity index (χ4v) is 3.51. The van der Waals surface area contributed by atoms with Gasteiger partial charge in [-0.25, -0.2) is 0 Å². The van der Waals surface area contributed by atoms with Crippen molar-refractivity contribution in [2.75, 3.05) is 38.7 Å². The predicted molar refractivity (Wildman–Crippen MR) is 108 cm³/mol. The van der Waals surface area contributed by atoms with Gasteiger partial charge < -0.3 is 19.7 Å². The topological polar surface area (TPSA) is 85.7 Å². The SMILES string of the molecule is COc1cccc2cccc(C(=O)Nc3cn(C)nc3C(=O)N3CCOCC3)c12. The van der Waals surface area contributed by atoms with Crippen molar-refractivity contribution in [3.05, 3.63) is 53.9 Å². The molecule has 1 aliphatic rings. The molecule has 150 valence electrons. The van der Waals surface area contributed by atoms with E-state index >= 15 is 0 Å². The quantitative estimate of drug-likeness (QED) is 0.734. The molecule has 1 fully saturated rings. The Morgan fingerprint density at radius 1 is 1.14 bits per heavy atom. The molecule has 1 aliphatic heterocycles. The monoisotopic (exact) mass is 394 g/mol. The number of anilines is 1. The first-order valence-electron chi connectivity index (χ1n) is 9.36. The van der Waals surface area contributed by atoms with Crippen molar-refractivity contribution >= 4 is 28.3 Å². The smallest absolute Gasteiger partial charge is 0.276 e. The van der Waals surface area contributed by atoms with Crippen molar-refractivity contribution in [2.45, 2.75) is 0 Å². The van der Waals surface area contributed by atoms with Gasteiger partial charge in [-0.05, 0) is 17.5 Å². The van der Waals surface area contributed by atoms with Crippen LogP contribution in [0, 0.1) is 0 Å². The third-order valence-electron chi connectivity index (χ3n) is 4.91. The van der Waals surface area contributed by atoms with Gasteiger partial charge in [-0.15, -0.1) is 0 Å². The van der Waals surface area contributed by atoms with Crippen LogP contribution in [0.3, 0.4) is 0 Å². The molecule has 0 bridgehead atoms. The molecule has 1 saturated heterocycles. The number of aromatic nitrogens is 2. The Kier molecular flexibility index (Phi) is 5.18. The number of methoxy groups -OCH3 is 1. The Labute approximate surface area is 168 Å². The maximum absolute atomic E-state index is 13.1. The minimum absolute atomic E-state index is 0.218. The van der Waals surface area contributed by atoms with Crippen LogP contribution in [0.4, 0.5) is 5.69 Å². The van der Waals surface area contributed by atoms with E-state index in [9.17, 15) is 9.59 Å². The summed E-state index contributed by atoms with van der Waals surface area (Å²) >= 11 is 0. The molecule has 0 atom stereocenters. The lowest BCUT2D eigenvalue weighted by molar-refractivity contribution is 0.0299. The number of fused-ring (bicyclic) bond motifs is 1. The number of aryl methyl sites for hydroxylation is 1. The van der Waals surface area contributed by atoms with Gasteiger partial charge in [-0.1, -0.05) is 24.3 Å². The average Bonchev–Trinajstić information content (AvgIpc) is 3.12. The Morgan fingerprint density at radius 2 is 1.86 bits per heavy atom. The molecule has 8 heteroatoms. The zero-order chi connectivity index (χ0) is 20.4. The van der Waals surface area contributed by atoms with Crippen LogP contribution in [0.15, 0.2) is 42.6 Å². The molecule has 2 amide bonds. The summed E-state index contributed by atoms with van der Waals surface area (Å²) in [6.07, 6.45) is 1.63. The minimum Gasteiger partial charge on any atom is -0.496 e. The van der Waals surface area contributed by atoms with Crippen LogP contribution >= 0.6 is 0 Å². The van der Waals surface area contributed by atoms with Gasteiger partial charge in [0.25, 0.3) is 11.8 Å². The standard InChI is InChI=1S/C21H22N4O4/c1-24-13-16(19(23-24)21(27)25-9-11-29-12-10-25)22-20(26)15-7-3-5-14-6-4-8-17(28-2)18(14)15/h3-8,13H,9-12H2,1-2H3,(H,22,26). The summed E-state index contributed by atoms with van der Waals surface area (Å²) < 4.78 is 12.3. The largest absolute Gasteiger partial charge is 0.496 e. The summed E-state index contributed by atoms with van der Waals surface area (Å²) in [5.41, 5.74) is 1.06. The van der Waals surface area contributed by atoms with Gasteiger partial charge in [0.2, 0.25) is 0 Å². The number of amides is 2. The van der Waals surface area contributed by atoms with Crippen molar-refractivity contribution < 1.29 is 19.1 Å². The van der Waals surface area contributed by atoms with Gasteiger partial charge in [-0.3, -0.25) is 14.3 Å². The van der Waals surface area contributed by atoms with Crippen LogP contribution < -0.4 is 10.1 Å². The van der Waals surface area contributed by atoms with Crippen LogP contribution in [0.5, 0.6) is 5.75 Å². The van der Waals surface area contributed by atoms with E-state index < -0.39 is 0 Å². The highest BCUT2D eigenvalue weighted by Crippen LogP contribution is 2.29. The molecule has 0 aliphatic carbocycles.